The monoisotopic (exact) mass is 372 g/mol. The SMILES string of the molecule is CSc1nc2ncnc(Sc3nnc(-c4ccccc4)n3C)c2s1. The Balaban J connectivity index is 1.72. The molecule has 0 saturated carbocycles. The molecule has 0 radical (unpaired) electrons. The van der Waals surface area contributed by atoms with Gasteiger partial charge in [-0.3, -0.25) is 0 Å². The Labute approximate surface area is 150 Å². The van der Waals surface area contributed by atoms with Crippen molar-refractivity contribution < 1.29 is 0 Å². The number of benzene rings is 1. The molecule has 3 heterocycles. The number of thiazole rings is 1. The molecule has 9 heteroatoms. The minimum absolute atomic E-state index is 0.729. The van der Waals surface area contributed by atoms with E-state index in [0.717, 1.165) is 36.3 Å². The fraction of sp³-hybridized carbons (Fsp3) is 0.133. The highest BCUT2D eigenvalue weighted by Gasteiger charge is 2.16. The van der Waals surface area contributed by atoms with Crippen LogP contribution in [0.5, 0.6) is 0 Å². The topological polar surface area (TPSA) is 69.4 Å². The lowest BCUT2D eigenvalue weighted by Gasteiger charge is -2.03. The summed E-state index contributed by atoms with van der Waals surface area (Å²) in [5, 5.41) is 10.3. The van der Waals surface area contributed by atoms with E-state index in [1.54, 1.807) is 29.4 Å². The first-order valence-corrected chi connectivity index (χ1v) is 9.90. The summed E-state index contributed by atoms with van der Waals surface area (Å²) in [6.45, 7) is 0. The molecule has 0 spiro atoms. The Bertz CT molecular complexity index is 995. The highest BCUT2D eigenvalue weighted by Crippen LogP contribution is 2.36. The molecule has 0 atom stereocenters. The van der Waals surface area contributed by atoms with Crippen molar-refractivity contribution in [3.8, 4) is 11.4 Å². The van der Waals surface area contributed by atoms with Gasteiger partial charge in [-0.1, -0.05) is 42.1 Å². The van der Waals surface area contributed by atoms with Crippen LogP contribution in [0.25, 0.3) is 21.7 Å². The molecule has 0 aliphatic carbocycles. The van der Waals surface area contributed by atoms with Crippen LogP contribution < -0.4 is 0 Å². The van der Waals surface area contributed by atoms with Gasteiger partial charge in [0, 0.05) is 12.6 Å². The van der Waals surface area contributed by atoms with Crippen molar-refractivity contribution >= 4 is 45.2 Å². The average Bonchev–Trinajstić information content (AvgIpc) is 3.20. The summed E-state index contributed by atoms with van der Waals surface area (Å²) >= 11 is 4.69. The molecule has 0 saturated heterocycles. The molecule has 4 rings (SSSR count). The highest BCUT2D eigenvalue weighted by atomic mass is 32.2. The maximum atomic E-state index is 4.48. The predicted molar refractivity (Wildman–Crippen MR) is 97.6 cm³/mol. The molecule has 1 aromatic carbocycles. The van der Waals surface area contributed by atoms with Gasteiger partial charge in [0.25, 0.3) is 0 Å². The molecule has 0 fully saturated rings. The predicted octanol–water partition coefficient (Wildman–Crippen LogP) is 3.75. The number of thioether (sulfide) groups is 1. The Morgan fingerprint density at radius 1 is 1.08 bits per heavy atom. The standard InChI is InChI=1S/C15H12N6S3/c1-21-12(9-6-4-3-5-7-9)19-20-14(21)24-13-10-11(16-8-17-13)18-15(22-2)23-10/h3-8H,1-2H3. The third kappa shape index (κ3) is 2.79. The fourth-order valence-electron chi connectivity index (χ4n) is 2.20. The number of rotatable bonds is 4. The summed E-state index contributed by atoms with van der Waals surface area (Å²) in [5.41, 5.74) is 1.77. The van der Waals surface area contributed by atoms with Crippen LogP contribution in [-0.2, 0) is 7.05 Å². The van der Waals surface area contributed by atoms with Gasteiger partial charge in [-0.15, -0.1) is 21.5 Å². The zero-order chi connectivity index (χ0) is 16.5. The number of fused-ring (bicyclic) bond motifs is 1. The van der Waals surface area contributed by atoms with Gasteiger partial charge in [0.15, 0.2) is 21.0 Å². The van der Waals surface area contributed by atoms with Gasteiger partial charge in [0.05, 0.1) is 0 Å². The molecular weight excluding hydrogens is 360 g/mol. The van der Waals surface area contributed by atoms with E-state index in [1.807, 2.05) is 48.2 Å². The molecule has 120 valence electrons. The maximum Gasteiger partial charge on any atom is 0.197 e. The van der Waals surface area contributed by atoms with Crippen LogP contribution in [0.4, 0.5) is 0 Å². The summed E-state index contributed by atoms with van der Waals surface area (Å²) in [4.78, 5) is 13.1. The molecule has 0 amide bonds. The molecule has 24 heavy (non-hydrogen) atoms. The lowest BCUT2D eigenvalue weighted by atomic mass is 10.2. The Morgan fingerprint density at radius 2 is 1.92 bits per heavy atom. The highest BCUT2D eigenvalue weighted by molar-refractivity contribution is 8.00. The van der Waals surface area contributed by atoms with E-state index >= 15 is 0 Å². The normalized spacial score (nSPS) is 11.2. The summed E-state index contributed by atoms with van der Waals surface area (Å²) < 4.78 is 3.94. The summed E-state index contributed by atoms with van der Waals surface area (Å²) in [6.07, 6.45) is 3.55. The zero-order valence-corrected chi connectivity index (χ0v) is 15.3. The minimum Gasteiger partial charge on any atom is -0.305 e. The number of nitrogens with zero attached hydrogens (tertiary/aromatic N) is 6. The average molecular weight is 373 g/mol. The van der Waals surface area contributed by atoms with Gasteiger partial charge >= 0.3 is 0 Å². The van der Waals surface area contributed by atoms with E-state index in [-0.39, 0.29) is 0 Å². The van der Waals surface area contributed by atoms with Crippen molar-refractivity contribution in [2.75, 3.05) is 6.26 Å². The minimum atomic E-state index is 0.729. The van der Waals surface area contributed by atoms with Crippen molar-refractivity contribution in [2.24, 2.45) is 7.05 Å². The molecule has 0 N–H and O–H groups in total. The first-order valence-electron chi connectivity index (χ1n) is 7.04. The van der Waals surface area contributed by atoms with Crippen LogP contribution >= 0.6 is 34.9 Å². The second-order valence-electron chi connectivity index (χ2n) is 4.85. The van der Waals surface area contributed by atoms with Gasteiger partial charge in [0.2, 0.25) is 0 Å². The van der Waals surface area contributed by atoms with Gasteiger partial charge in [-0.05, 0) is 18.0 Å². The molecule has 0 unspecified atom stereocenters. The molecule has 0 aliphatic rings. The van der Waals surface area contributed by atoms with Gasteiger partial charge < -0.3 is 4.57 Å². The van der Waals surface area contributed by atoms with E-state index in [4.69, 9.17) is 0 Å². The summed E-state index contributed by atoms with van der Waals surface area (Å²) in [5.74, 6) is 0.831. The first kappa shape index (κ1) is 15.6. The Hall–Kier alpha value is -1.97. The lowest BCUT2D eigenvalue weighted by Crippen LogP contribution is -1.95. The van der Waals surface area contributed by atoms with E-state index in [1.165, 1.54) is 11.8 Å². The lowest BCUT2D eigenvalue weighted by molar-refractivity contribution is 0.793. The fourth-order valence-corrected chi connectivity index (χ4v) is 4.61. The van der Waals surface area contributed by atoms with Crippen LogP contribution in [0.15, 0.2) is 51.2 Å². The third-order valence-corrected chi connectivity index (χ3v) is 6.58. The quantitative estimate of drug-likeness (QED) is 0.399. The van der Waals surface area contributed by atoms with Crippen LogP contribution in [0.3, 0.4) is 0 Å². The van der Waals surface area contributed by atoms with E-state index in [2.05, 4.69) is 25.1 Å². The Kier molecular flexibility index (Phi) is 4.21. The second kappa shape index (κ2) is 6.50. The van der Waals surface area contributed by atoms with Crippen LogP contribution in [0, 0.1) is 0 Å². The molecule has 4 aromatic rings. The third-order valence-electron chi connectivity index (χ3n) is 3.37. The van der Waals surface area contributed by atoms with Gasteiger partial charge in [-0.25, -0.2) is 15.0 Å². The largest absolute Gasteiger partial charge is 0.305 e. The zero-order valence-electron chi connectivity index (χ0n) is 12.9. The molecule has 6 nitrogen and oxygen atoms in total. The Morgan fingerprint density at radius 3 is 2.71 bits per heavy atom. The van der Waals surface area contributed by atoms with Crippen LogP contribution in [0.2, 0.25) is 0 Å². The van der Waals surface area contributed by atoms with Crippen molar-refractivity contribution in [1.29, 1.82) is 0 Å². The maximum absolute atomic E-state index is 4.48. The second-order valence-corrected chi connectivity index (χ2v) is 7.86. The van der Waals surface area contributed by atoms with Crippen molar-refractivity contribution in [1.82, 2.24) is 29.7 Å². The van der Waals surface area contributed by atoms with Gasteiger partial charge in [-0.2, -0.15) is 0 Å². The van der Waals surface area contributed by atoms with Crippen molar-refractivity contribution in [3.63, 3.8) is 0 Å². The van der Waals surface area contributed by atoms with E-state index in [9.17, 15) is 0 Å². The molecule has 0 bridgehead atoms. The van der Waals surface area contributed by atoms with Crippen LogP contribution in [-0.4, -0.2) is 36.0 Å². The van der Waals surface area contributed by atoms with E-state index in [0.29, 0.717) is 0 Å². The number of aromatic nitrogens is 6. The summed E-state index contributed by atoms with van der Waals surface area (Å²) in [6, 6.07) is 10.0. The smallest absolute Gasteiger partial charge is 0.197 e. The van der Waals surface area contributed by atoms with Crippen molar-refractivity contribution in [3.05, 3.63) is 36.7 Å². The van der Waals surface area contributed by atoms with Gasteiger partial charge in [0.1, 0.15) is 16.1 Å². The molecular formula is C15H12N6S3. The van der Waals surface area contributed by atoms with E-state index < -0.39 is 0 Å². The van der Waals surface area contributed by atoms with Crippen LogP contribution in [0.1, 0.15) is 0 Å². The number of hydrogen-bond acceptors (Lipinski definition) is 8. The molecule has 3 aromatic heterocycles. The first-order chi connectivity index (χ1) is 11.8. The number of hydrogen-bond donors (Lipinski definition) is 0. The van der Waals surface area contributed by atoms with Crippen molar-refractivity contribution in [2.45, 2.75) is 14.5 Å². The molecule has 0 aliphatic heterocycles. The summed E-state index contributed by atoms with van der Waals surface area (Å²) in [7, 11) is 1.96.